The van der Waals surface area contributed by atoms with Crippen LogP contribution in [0.2, 0.25) is 0 Å². The van der Waals surface area contributed by atoms with Crippen molar-refractivity contribution in [3.05, 3.63) is 82.0 Å². The molecule has 3 aromatic rings. The first-order valence-corrected chi connectivity index (χ1v) is 11.7. The molecule has 0 saturated carbocycles. The molecule has 1 amide bonds. The molecule has 0 radical (unpaired) electrons. The highest BCUT2D eigenvalue weighted by molar-refractivity contribution is 7.89. The predicted molar refractivity (Wildman–Crippen MR) is 118 cm³/mol. The minimum Gasteiger partial charge on any atom is -0.495 e. The Labute approximate surface area is 181 Å². The standard InChI is InChI=1S/C22H24N2O4S2/c1-24(16-17-7-4-3-5-8-17)30(26,27)21-15-18(10-11-20(21)28-2)22(25)23-13-12-19-9-6-14-29-19/h3-11,14-15H,12-13,16H2,1-2H3,(H,23,25). The molecule has 0 aliphatic heterocycles. The maximum Gasteiger partial charge on any atom is 0.251 e. The lowest BCUT2D eigenvalue weighted by Crippen LogP contribution is -2.28. The van der Waals surface area contributed by atoms with E-state index in [4.69, 9.17) is 4.74 Å². The first-order chi connectivity index (χ1) is 14.4. The van der Waals surface area contributed by atoms with E-state index in [1.165, 1.54) is 35.5 Å². The Hall–Kier alpha value is -2.68. The largest absolute Gasteiger partial charge is 0.495 e. The van der Waals surface area contributed by atoms with E-state index in [0.717, 1.165) is 12.0 Å². The summed E-state index contributed by atoms with van der Waals surface area (Å²) in [7, 11) is -0.943. The van der Waals surface area contributed by atoms with Crippen LogP contribution in [0, 0.1) is 0 Å². The van der Waals surface area contributed by atoms with Gasteiger partial charge in [-0.3, -0.25) is 4.79 Å². The minimum atomic E-state index is -3.86. The third-order valence-corrected chi connectivity index (χ3v) is 7.36. The molecule has 8 heteroatoms. The molecule has 0 aliphatic rings. The smallest absolute Gasteiger partial charge is 0.251 e. The molecule has 30 heavy (non-hydrogen) atoms. The second-order valence-corrected chi connectivity index (χ2v) is 9.74. The topological polar surface area (TPSA) is 75.7 Å². The monoisotopic (exact) mass is 444 g/mol. The van der Waals surface area contributed by atoms with Crippen LogP contribution in [0.25, 0.3) is 0 Å². The van der Waals surface area contributed by atoms with Gasteiger partial charge in [0.2, 0.25) is 10.0 Å². The number of hydrogen-bond acceptors (Lipinski definition) is 5. The Kier molecular flexibility index (Phi) is 7.25. The second-order valence-electron chi connectivity index (χ2n) is 6.70. The second kappa shape index (κ2) is 9.88. The molecule has 0 unspecified atom stereocenters. The summed E-state index contributed by atoms with van der Waals surface area (Å²) in [6, 6.07) is 17.7. The number of amides is 1. The van der Waals surface area contributed by atoms with Crippen molar-refractivity contribution in [1.29, 1.82) is 0 Å². The average molecular weight is 445 g/mol. The van der Waals surface area contributed by atoms with Crippen molar-refractivity contribution in [3.63, 3.8) is 0 Å². The molecular formula is C22H24N2O4S2. The van der Waals surface area contributed by atoms with Crippen LogP contribution in [-0.2, 0) is 23.0 Å². The number of rotatable bonds is 9. The quantitative estimate of drug-likeness (QED) is 0.548. The zero-order valence-electron chi connectivity index (χ0n) is 16.9. The summed E-state index contributed by atoms with van der Waals surface area (Å²) in [5.41, 5.74) is 1.14. The molecule has 0 fully saturated rings. The van der Waals surface area contributed by atoms with Crippen LogP contribution in [0.3, 0.4) is 0 Å². The Morgan fingerprint density at radius 1 is 1.10 bits per heavy atom. The summed E-state index contributed by atoms with van der Waals surface area (Å²) in [5, 5.41) is 4.83. The molecule has 0 aliphatic carbocycles. The van der Waals surface area contributed by atoms with Crippen molar-refractivity contribution in [3.8, 4) is 5.75 Å². The summed E-state index contributed by atoms with van der Waals surface area (Å²) in [5.74, 6) is -0.124. The number of carbonyl (C=O) groups is 1. The maximum atomic E-state index is 13.2. The Balaban J connectivity index is 1.78. The number of thiophene rings is 1. The van der Waals surface area contributed by atoms with Gasteiger partial charge in [0.25, 0.3) is 5.91 Å². The van der Waals surface area contributed by atoms with E-state index in [2.05, 4.69) is 5.32 Å². The van der Waals surface area contributed by atoms with E-state index in [9.17, 15) is 13.2 Å². The van der Waals surface area contributed by atoms with Gasteiger partial charge in [-0.1, -0.05) is 36.4 Å². The normalized spacial score (nSPS) is 11.4. The maximum absolute atomic E-state index is 13.2. The molecule has 0 atom stereocenters. The number of carbonyl (C=O) groups excluding carboxylic acids is 1. The fourth-order valence-electron chi connectivity index (χ4n) is 2.97. The fraction of sp³-hybridized carbons (Fsp3) is 0.227. The number of methoxy groups -OCH3 is 1. The van der Waals surface area contributed by atoms with Crippen LogP contribution in [0.5, 0.6) is 5.75 Å². The van der Waals surface area contributed by atoms with Gasteiger partial charge in [0.15, 0.2) is 0 Å². The van der Waals surface area contributed by atoms with Crippen LogP contribution < -0.4 is 10.1 Å². The predicted octanol–water partition coefficient (Wildman–Crippen LogP) is 3.55. The van der Waals surface area contributed by atoms with Gasteiger partial charge in [0, 0.05) is 30.6 Å². The molecule has 0 saturated heterocycles. The zero-order valence-corrected chi connectivity index (χ0v) is 18.5. The van der Waals surface area contributed by atoms with Gasteiger partial charge in [-0.05, 0) is 41.6 Å². The lowest BCUT2D eigenvalue weighted by Gasteiger charge is -2.19. The highest BCUT2D eigenvalue weighted by Gasteiger charge is 2.26. The Morgan fingerprint density at radius 3 is 2.53 bits per heavy atom. The van der Waals surface area contributed by atoms with Crippen molar-refractivity contribution in [2.45, 2.75) is 17.9 Å². The van der Waals surface area contributed by atoms with E-state index in [1.54, 1.807) is 17.4 Å². The van der Waals surface area contributed by atoms with Gasteiger partial charge in [0.05, 0.1) is 7.11 Å². The number of sulfonamides is 1. The highest BCUT2D eigenvalue weighted by Crippen LogP contribution is 2.28. The number of nitrogens with one attached hydrogen (secondary N) is 1. The van der Waals surface area contributed by atoms with Crippen molar-refractivity contribution < 1.29 is 17.9 Å². The molecule has 1 N–H and O–H groups in total. The van der Waals surface area contributed by atoms with E-state index >= 15 is 0 Å². The molecule has 1 aromatic heterocycles. The number of hydrogen-bond donors (Lipinski definition) is 1. The van der Waals surface area contributed by atoms with E-state index in [-0.39, 0.29) is 28.7 Å². The lowest BCUT2D eigenvalue weighted by atomic mass is 10.2. The van der Waals surface area contributed by atoms with Gasteiger partial charge in [-0.15, -0.1) is 11.3 Å². The fourth-order valence-corrected chi connectivity index (χ4v) is 5.01. The molecule has 2 aromatic carbocycles. The molecule has 0 spiro atoms. The van der Waals surface area contributed by atoms with E-state index < -0.39 is 10.0 Å². The van der Waals surface area contributed by atoms with Crippen LogP contribution in [-0.4, -0.2) is 39.3 Å². The SMILES string of the molecule is COc1ccc(C(=O)NCCc2cccs2)cc1S(=O)(=O)N(C)Cc1ccccc1. The van der Waals surface area contributed by atoms with Crippen molar-refractivity contribution in [2.75, 3.05) is 20.7 Å². The lowest BCUT2D eigenvalue weighted by molar-refractivity contribution is 0.0954. The third kappa shape index (κ3) is 5.27. The summed E-state index contributed by atoms with van der Waals surface area (Å²) < 4.78 is 32.9. The number of benzene rings is 2. The molecule has 6 nitrogen and oxygen atoms in total. The summed E-state index contributed by atoms with van der Waals surface area (Å²) in [6.07, 6.45) is 0.727. The van der Waals surface area contributed by atoms with Crippen molar-refractivity contribution in [1.82, 2.24) is 9.62 Å². The summed E-state index contributed by atoms with van der Waals surface area (Å²) in [6.45, 7) is 0.685. The first-order valence-electron chi connectivity index (χ1n) is 9.40. The minimum absolute atomic E-state index is 0.0330. The zero-order chi connectivity index (χ0) is 21.6. The summed E-state index contributed by atoms with van der Waals surface area (Å²) >= 11 is 1.63. The van der Waals surface area contributed by atoms with Gasteiger partial charge in [-0.25, -0.2) is 8.42 Å². The average Bonchev–Trinajstić information content (AvgIpc) is 3.27. The molecule has 0 bridgehead atoms. The number of ether oxygens (including phenoxy) is 1. The third-order valence-electron chi connectivity index (χ3n) is 4.60. The van der Waals surface area contributed by atoms with Gasteiger partial charge < -0.3 is 10.1 Å². The molecule has 158 valence electrons. The number of nitrogens with zero attached hydrogens (tertiary/aromatic N) is 1. The van der Waals surface area contributed by atoms with Crippen molar-refractivity contribution in [2.24, 2.45) is 0 Å². The summed E-state index contributed by atoms with van der Waals surface area (Å²) in [4.78, 5) is 13.7. The molecular weight excluding hydrogens is 420 g/mol. The molecule has 3 rings (SSSR count). The van der Waals surface area contributed by atoms with Crippen LogP contribution in [0.1, 0.15) is 20.8 Å². The Bertz CT molecular complexity index is 1080. The Morgan fingerprint density at radius 2 is 1.87 bits per heavy atom. The van der Waals surface area contributed by atoms with Crippen LogP contribution in [0.15, 0.2) is 70.9 Å². The van der Waals surface area contributed by atoms with Gasteiger partial charge >= 0.3 is 0 Å². The van der Waals surface area contributed by atoms with Gasteiger partial charge in [-0.2, -0.15) is 4.31 Å². The van der Waals surface area contributed by atoms with E-state index in [1.807, 2.05) is 47.8 Å². The van der Waals surface area contributed by atoms with Crippen LogP contribution in [0.4, 0.5) is 0 Å². The molecule has 1 heterocycles. The first kappa shape index (κ1) is 22.0. The van der Waals surface area contributed by atoms with Crippen molar-refractivity contribution >= 4 is 27.3 Å². The van der Waals surface area contributed by atoms with Crippen LogP contribution >= 0.6 is 11.3 Å². The van der Waals surface area contributed by atoms with E-state index in [0.29, 0.717) is 6.54 Å². The van der Waals surface area contributed by atoms with Gasteiger partial charge in [0.1, 0.15) is 10.6 Å². The highest BCUT2D eigenvalue weighted by atomic mass is 32.2.